The van der Waals surface area contributed by atoms with Crippen LogP contribution in [0.4, 0.5) is 0 Å². The normalized spacial score (nSPS) is 24.5. The Kier molecular flexibility index (Phi) is 4.84. The number of aryl methyl sites for hydroxylation is 1. The van der Waals surface area contributed by atoms with Gasteiger partial charge < -0.3 is 20.1 Å². The van der Waals surface area contributed by atoms with Gasteiger partial charge in [-0.05, 0) is 54.7 Å². The number of aliphatic hydroxyl groups is 1. The number of hydrogen-bond acceptors (Lipinski definition) is 4. The summed E-state index contributed by atoms with van der Waals surface area (Å²) in [6, 6.07) is 14.2. The minimum absolute atomic E-state index is 0.00589. The van der Waals surface area contributed by atoms with Crippen molar-refractivity contribution in [1.82, 2.24) is 0 Å². The van der Waals surface area contributed by atoms with Gasteiger partial charge in [-0.15, -0.1) is 0 Å². The molecular formula is C19H22O4. The number of phenolic OH excluding ortho intramolecular Hbond substituents is 2. The van der Waals surface area contributed by atoms with Gasteiger partial charge in [0.2, 0.25) is 0 Å². The Morgan fingerprint density at radius 2 is 1.48 bits per heavy atom. The lowest BCUT2D eigenvalue weighted by molar-refractivity contribution is -0.0998. The number of phenols is 2. The van der Waals surface area contributed by atoms with Crippen molar-refractivity contribution in [2.45, 2.75) is 44.0 Å². The van der Waals surface area contributed by atoms with E-state index in [1.54, 1.807) is 24.3 Å². The van der Waals surface area contributed by atoms with Crippen LogP contribution in [0.5, 0.6) is 11.5 Å². The van der Waals surface area contributed by atoms with Gasteiger partial charge in [0.15, 0.2) is 0 Å². The second kappa shape index (κ2) is 7.02. The molecule has 1 fully saturated rings. The van der Waals surface area contributed by atoms with E-state index < -0.39 is 0 Å². The highest BCUT2D eigenvalue weighted by Crippen LogP contribution is 2.33. The summed E-state index contributed by atoms with van der Waals surface area (Å²) >= 11 is 0. The summed E-state index contributed by atoms with van der Waals surface area (Å²) in [4.78, 5) is 0. The van der Waals surface area contributed by atoms with Gasteiger partial charge in [-0.25, -0.2) is 0 Å². The highest BCUT2D eigenvalue weighted by molar-refractivity contribution is 5.28. The third kappa shape index (κ3) is 4.24. The largest absolute Gasteiger partial charge is 0.508 e. The maximum atomic E-state index is 10.1. The number of ether oxygens (including phenoxy) is 1. The van der Waals surface area contributed by atoms with Crippen molar-refractivity contribution in [3.05, 3.63) is 59.7 Å². The van der Waals surface area contributed by atoms with Crippen molar-refractivity contribution >= 4 is 0 Å². The zero-order valence-corrected chi connectivity index (χ0v) is 12.9. The molecule has 1 heterocycles. The van der Waals surface area contributed by atoms with Crippen molar-refractivity contribution in [2.24, 2.45) is 0 Å². The van der Waals surface area contributed by atoms with E-state index in [0.29, 0.717) is 12.8 Å². The van der Waals surface area contributed by atoms with Gasteiger partial charge in [0.1, 0.15) is 11.5 Å². The predicted octanol–water partition coefficient (Wildman–Crippen LogP) is 3.31. The van der Waals surface area contributed by atoms with Crippen molar-refractivity contribution in [3.8, 4) is 11.5 Å². The van der Waals surface area contributed by atoms with Gasteiger partial charge in [-0.2, -0.15) is 0 Å². The summed E-state index contributed by atoms with van der Waals surface area (Å²) in [5, 5.41) is 28.8. The quantitative estimate of drug-likeness (QED) is 0.810. The predicted molar refractivity (Wildman–Crippen MR) is 87.4 cm³/mol. The summed E-state index contributed by atoms with van der Waals surface area (Å²) in [7, 11) is 0. The summed E-state index contributed by atoms with van der Waals surface area (Å²) < 4.78 is 6.14. The molecule has 0 spiro atoms. The number of rotatable bonds is 4. The molecule has 1 aliphatic heterocycles. The first kappa shape index (κ1) is 15.8. The summed E-state index contributed by atoms with van der Waals surface area (Å²) in [6.45, 7) is 0. The molecule has 1 aliphatic rings. The highest BCUT2D eigenvalue weighted by atomic mass is 16.5. The fourth-order valence-electron chi connectivity index (χ4n) is 3.07. The summed E-state index contributed by atoms with van der Waals surface area (Å²) in [5.41, 5.74) is 2.13. The molecule has 0 radical (unpaired) electrons. The van der Waals surface area contributed by atoms with E-state index in [4.69, 9.17) is 4.74 Å². The first-order valence-electron chi connectivity index (χ1n) is 8.00. The second-order valence-electron chi connectivity index (χ2n) is 6.17. The van der Waals surface area contributed by atoms with E-state index in [0.717, 1.165) is 24.0 Å². The zero-order chi connectivity index (χ0) is 16.2. The van der Waals surface area contributed by atoms with Crippen LogP contribution in [0.2, 0.25) is 0 Å². The van der Waals surface area contributed by atoms with Crippen molar-refractivity contribution in [1.29, 1.82) is 0 Å². The maximum Gasteiger partial charge on any atom is 0.115 e. The standard InChI is InChI=1S/C19H22O4/c20-15-6-1-13(2-7-15)3-10-18-11-17(22)12-19(23-18)14-4-8-16(21)9-5-14/h1-2,4-9,17-22H,3,10-12H2/t17-,18+,19+/m1/s1. The number of hydrogen-bond donors (Lipinski definition) is 3. The number of aromatic hydroxyl groups is 2. The Balaban J connectivity index is 1.61. The SMILES string of the molecule is Oc1ccc(CC[C@H]2C[C@@H](O)C[C@@H](c3ccc(O)cc3)O2)cc1. The molecular weight excluding hydrogens is 292 g/mol. The zero-order valence-electron chi connectivity index (χ0n) is 12.9. The highest BCUT2D eigenvalue weighted by Gasteiger charge is 2.29. The lowest BCUT2D eigenvalue weighted by Crippen LogP contribution is -2.31. The average Bonchev–Trinajstić information content (AvgIpc) is 2.54. The molecule has 1 saturated heterocycles. The molecule has 2 aromatic carbocycles. The van der Waals surface area contributed by atoms with E-state index in [2.05, 4.69) is 0 Å². The number of benzene rings is 2. The Morgan fingerprint density at radius 1 is 0.870 bits per heavy atom. The molecule has 3 N–H and O–H groups in total. The van der Waals surface area contributed by atoms with Gasteiger partial charge in [-0.3, -0.25) is 0 Å². The minimum atomic E-state index is -0.368. The molecule has 3 atom stereocenters. The van der Waals surface area contributed by atoms with Crippen LogP contribution < -0.4 is 0 Å². The number of aliphatic hydroxyl groups excluding tert-OH is 1. The lowest BCUT2D eigenvalue weighted by atomic mass is 9.93. The molecule has 122 valence electrons. The van der Waals surface area contributed by atoms with Crippen LogP contribution in [0.3, 0.4) is 0 Å². The van der Waals surface area contributed by atoms with Crippen molar-refractivity contribution in [3.63, 3.8) is 0 Å². The maximum absolute atomic E-state index is 10.1. The molecule has 0 aromatic heterocycles. The van der Waals surface area contributed by atoms with Crippen molar-refractivity contribution in [2.75, 3.05) is 0 Å². The molecule has 2 aromatic rings. The topological polar surface area (TPSA) is 69.9 Å². The van der Waals surface area contributed by atoms with Crippen LogP contribution in [-0.4, -0.2) is 27.5 Å². The fraction of sp³-hybridized carbons (Fsp3) is 0.368. The molecule has 0 saturated carbocycles. The van der Waals surface area contributed by atoms with E-state index in [-0.39, 0.29) is 29.8 Å². The van der Waals surface area contributed by atoms with Crippen LogP contribution in [0.1, 0.15) is 36.5 Å². The van der Waals surface area contributed by atoms with E-state index >= 15 is 0 Å². The molecule has 0 unspecified atom stereocenters. The van der Waals surface area contributed by atoms with Gasteiger partial charge in [-0.1, -0.05) is 24.3 Å². The Morgan fingerprint density at radius 3 is 2.13 bits per heavy atom. The van der Waals surface area contributed by atoms with E-state index in [9.17, 15) is 15.3 Å². The van der Waals surface area contributed by atoms with Crippen LogP contribution in [0.25, 0.3) is 0 Å². The average molecular weight is 314 g/mol. The third-order valence-electron chi connectivity index (χ3n) is 4.33. The molecule has 0 amide bonds. The molecule has 4 nitrogen and oxygen atoms in total. The molecule has 0 bridgehead atoms. The van der Waals surface area contributed by atoms with Crippen LogP contribution in [0.15, 0.2) is 48.5 Å². The van der Waals surface area contributed by atoms with E-state index in [1.807, 2.05) is 24.3 Å². The second-order valence-corrected chi connectivity index (χ2v) is 6.17. The van der Waals surface area contributed by atoms with Crippen LogP contribution in [0, 0.1) is 0 Å². The van der Waals surface area contributed by atoms with Crippen LogP contribution >= 0.6 is 0 Å². The summed E-state index contributed by atoms with van der Waals surface area (Å²) in [6.07, 6.45) is 2.41. The Bertz CT molecular complexity index is 621. The smallest absolute Gasteiger partial charge is 0.115 e. The van der Waals surface area contributed by atoms with Gasteiger partial charge in [0.25, 0.3) is 0 Å². The van der Waals surface area contributed by atoms with Gasteiger partial charge >= 0.3 is 0 Å². The molecule has 23 heavy (non-hydrogen) atoms. The van der Waals surface area contributed by atoms with Crippen LogP contribution in [-0.2, 0) is 11.2 Å². The molecule has 0 aliphatic carbocycles. The first-order valence-corrected chi connectivity index (χ1v) is 8.00. The Labute approximate surface area is 136 Å². The first-order chi connectivity index (χ1) is 11.1. The lowest BCUT2D eigenvalue weighted by Gasteiger charge is -2.33. The van der Waals surface area contributed by atoms with Gasteiger partial charge in [0.05, 0.1) is 18.3 Å². The monoisotopic (exact) mass is 314 g/mol. The Hall–Kier alpha value is -2.04. The fourth-order valence-corrected chi connectivity index (χ4v) is 3.07. The molecule has 4 heteroatoms. The molecule has 3 rings (SSSR count). The van der Waals surface area contributed by atoms with Crippen molar-refractivity contribution < 1.29 is 20.1 Å². The minimum Gasteiger partial charge on any atom is -0.508 e. The third-order valence-corrected chi connectivity index (χ3v) is 4.33. The van der Waals surface area contributed by atoms with E-state index in [1.165, 1.54) is 0 Å². The summed E-state index contributed by atoms with van der Waals surface area (Å²) in [5.74, 6) is 0.500. The van der Waals surface area contributed by atoms with Gasteiger partial charge in [0, 0.05) is 6.42 Å².